The van der Waals surface area contributed by atoms with Crippen LogP contribution in [-0.4, -0.2) is 42.2 Å². The lowest BCUT2D eigenvalue weighted by atomic mass is 9.83. The van der Waals surface area contributed by atoms with Crippen molar-refractivity contribution in [2.45, 2.75) is 31.8 Å². The quantitative estimate of drug-likeness (QED) is 0.811. The zero-order chi connectivity index (χ0) is 20.4. The maximum absolute atomic E-state index is 13.2. The molecule has 29 heavy (non-hydrogen) atoms. The molecule has 2 atom stereocenters. The van der Waals surface area contributed by atoms with Crippen molar-refractivity contribution in [3.63, 3.8) is 0 Å². The van der Waals surface area contributed by atoms with E-state index < -0.39 is 0 Å². The van der Waals surface area contributed by atoms with Gasteiger partial charge < -0.3 is 14.6 Å². The van der Waals surface area contributed by atoms with E-state index in [1.54, 1.807) is 13.2 Å². The number of carbonyl (C=O) groups excluding carboxylic acids is 1. The van der Waals surface area contributed by atoms with E-state index in [2.05, 4.69) is 10.2 Å². The van der Waals surface area contributed by atoms with Crippen molar-refractivity contribution in [3.8, 4) is 0 Å². The Labute approximate surface area is 169 Å². The third-order valence-electron chi connectivity index (χ3n) is 5.81. The van der Waals surface area contributed by atoms with Gasteiger partial charge in [0.25, 0.3) is 5.56 Å². The highest BCUT2D eigenvalue weighted by Crippen LogP contribution is 2.36. The van der Waals surface area contributed by atoms with Crippen LogP contribution < -0.4 is 10.9 Å². The number of hydrogen-bond acceptors (Lipinski definition) is 4. The first-order chi connectivity index (χ1) is 14.0. The monoisotopic (exact) mass is 399 g/mol. The van der Waals surface area contributed by atoms with Crippen LogP contribution in [0.1, 0.15) is 30.0 Å². The fourth-order valence-corrected chi connectivity index (χ4v) is 4.52. The fourth-order valence-electron chi connectivity index (χ4n) is 4.52. The first kappa shape index (κ1) is 19.8. The molecule has 154 valence electrons. The Kier molecular flexibility index (Phi) is 5.78. The second-order valence-electron chi connectivity index (χ2n) is 8.00. The Morgan fingerprint density at radius 3 is 2.72 bits per heavy atom. The van der Waals surface area contributed by atoms with E-state index in [1.165, 1.54) is 12.1 Å². The summed E-state index contributed by atoms with van der Waals surface area (Å²) in [5.74, 6) is 0.237. The summed E-state index contributed by atoms with van der Waals surface area (Å²) in [5, 5.41) is 2.71. The number of ether oxygens (including phenoxy) is 1. The van der Waals surface area contributed by atoms with E-state index in [9.17, 15) is 14.0 Å². The number of piperidine rings is 1. The minimum Gasteiger partial charge on any atom is -0.384 e. The topological polar surface area (TPSA) is 63.6 Å². The number of methoxy groups -OCH3 is 1. The molecule has 6 nitrogen and oxygen atoms in total. The summed E-state index contributed by atoms with van der Waals surface area (Å²) < 4.78 is 19.9. The van der Waals surface area contributed by atoms with Crippen LogP contribution in [0.15, 0.2) is 41.2 Å². The summed E-state index contributed by atoms with van der Waals surface area (Å²) in [6.07, 6.45) is 1.29. The van der Waals surface area contributed by atoms with E-state index in [0.29, 0.717) is 24.8 Å². The highest BCUT2D eigenvalue weighted by atomic mass is 19.1. The lowest BCUT2D eigenvalue weighted by Gasteiger charge is -2.43. The third-order valence-corrected chi connectivity index (χ3v) is 5.81. The summed E-state index contributed by atoms with van der Waals surface area (Å²) in [6.45, 7) is 3.54. The van der Waals surface area contributed by atoms with Crippen molar-refractivity contribution < 1.29 is 13.9 Å². The maximum atomic E-state index is 13.2. The molecule has 2 unspecified atom stereocenters. The molecule has 2 bridgehead atoms. The van der Waals surface area contributed by atoms with Crippen LogP contribution in [0.4, 0.5) is 10.1 Å². The van der Waals surface area contributed by atoms with E-state index in [1.807, 2.05) is 22.8 Å². The maximum Gasteiger partial charge on any atom is 0.274 e. The van der Waals surface area contributed by atoms with E-state index in [0.717, 1.165) is 37.3 Å². The van der Waals surface area contributed by atoms with Crippen molar-refractivity contribution in [2.75, 3.05) is 32.1 Å². The number of halogens is 1. The summed E-state index contributed by atoms with van der Waals surface area (Å²) in [4.78, 5) is 27.3. The van der Waals surface area contributed by atoms with Crippen LogP contribution in [0, 0.1) is 11.7 Å². The van der Waals surface area contributed by atoms with Gasteiger partial charge in [0, 0.05) is 44.9 Å². The van der Waals surface area contributed by atoms with Gasteiger partial charge in [0.2, 0.25) is 5.91 Å². The molecule has 1 amide bonds. The van der Waals surface area contributed by atoms with Crippen LogP contribution >= 0.6 is 0 Å². The fraction of sp³-hybridized carbons (Fsp3) is 0.455. The van der Waals surface area contributed by atoms with Gasteiger partial charge in [0.15, 0.2) is 0 Å². The van der Waals surface area contributed by atoms with Crippen molar-refractivity contribution in [3.05, 3.63) is 63.8 Å². The number of amides is 1. The second-order valence-corrected chi connectivity index (χ2v) is 8.00. The second kappa shape index (κ2) is 8.47. The molecule has 4 rings (SSSR count). The van der Waals surface area contributed by atoms with Crippen molar-refractivity contribution in [1.29, 1.82) is 0 Å². The Bertz CT molecular complexity index is 941. The summed E-state index contributed by atoms with van der Waals surface area (Å²) >= 11 is 0. The number of aromatic nitrogens is 1. The Morgan fingerprint density at radius 2 is 1.97 bits per heavy atom. The number of anilines is 1. The number of fused-ring (bicyclic) bond motifs is 4. The molecule has 1 fully saturated rings. The van der Waals surface area contributed by atoms with E-state index in [-0.39, 0.29) is 29.6 Å². The molecule has 1 N–H and O–H groups in total. The molecule has 0 spiro atoms. The molecule has 1 aromatic heterocycles. The number of carbonyl (C=O) groups is 1. The minimum atomic E-state index is -0.220. The number of benzene rings is 1. The number of pyridine rings is 1. The average Bonchev–Trinajstić information content (AvgIpc) is 2.70. The van der Waals surface area contributed by atoms with Gasteiger partial charge in [-0.2, -0.15) is 0 Å². The number of rotatable bonds is 6. The number of nitrogens with zero attached hydrogens (tertiary/aromatic N) is 2. The standard InChI is InChI=1S/C22H26FN3O3/c1-29-9-8-21(27)24-19-6-7-20-17-10-16(13-26(20)22(19)28)12-25(14-17)11-15-2-4-18(23)5-3-15/h2-7,16-17H,8-14H2,1H3,(H,24,27). The van der Waals surface area contributed by atoms with Crippen LogP contribution in [0.25, 0.3) is 0 Å². The normalized spacial score (nSPS) is 20.9. The number of hydrogen-bond donors (Lipinski definition) is 1. The van der Waals surface area contributed by atoms with Crippen LogP contribution in [0.3, 0.4) is 0 Å². The largest absolute Gasteiger partial charge is 0.384 e. The first-order valence-electron chi connectivity index (χ1n) is 10.0. The van der Waals surface area contributed by atoms with E-state index >= 15 is 0 Å². The van der Waals surface area contributed by atoms with Crippen molar-refractivity contribution in [2.24, 2.45) is 5.92 Å². The highest BCUT2D eigenvalue weighted by molar-refractivity contribution is 5.90. The van der Waals surface area contributed by atoms with Crippen LogP contribution in [-0.2, 0) is 22.6 Å². The van der Waals surface area contributed by atoms with E-state index in [4.69, 9.17) is 4.74 Å². The smallest absolute Gasteiger partial charge is 0.274 e. The highest BCUT2D eigenvalue weighted by Gasteiger charge is 2.35. The molecule has 2 aliphatic rings. The molecule has 0 saturated carbocycles. The molecular formula is C22H26FN3O3. The van der Waals surface area contributed by atoms with Crippen LogP contribution in [0.2, 0.25) is 0 Å². The molecule has 1 aromatic carbocycles. The van der Waals surface area contributed by atoms with Gasteiger partial charge in [-0.3, -0.25) is 14.5 Å². The lowest BCUT2D eigenvalue weighted by molar-refractivity contribution is -0.117. The van der Waals surface area contributed by atoms with Crippen molar-refractivity contribution in [1.82, 2.24) is 9.47 Å². The molecule has 2 aliphatic heterocycles. The molecule has 3 heterocycles. The SMILES string of the molecule is COCCC(=O)Nc1ccc2n(c1=O)CC1CC2CN(Cc2ccc(F)cc2)C1. The third kappa shape index (κ3) is 4.41. The molecule has 2 aromatic rings. The predicted octanol–water partition coefficient (Wildman–Crippen LogP) is 2.58. The number of nitrogens with one attached hydrogen (secondary N) is 1. The minimum absolute atomic E-state index is 0.130. The van der Waals surface area contributed by atoms with Gasteiger partial charge >= 0.3 is 0 Å². The summed E-state index contributed by atoms with van der Waals surface area (Å²) in [6, 6.07) is 10.3. The average molecular weight is 399 g/mol. The van der Waals surface area contributed by atoms with Gasteiger partial charge in [-0.25, -0.2) is 4.39 Å². The molecule has 0 aliphatic carbocycles. The number of likely N-dealkylation sites (tertiary alicyclic amines) is 1. The Balaban J connectivity index is 1.49. The molecule has 7 heteroatoms. The molecular weight excluding hydrogens is 373 g/mol. The van der Waals surface area contributed by atoms with Gasteiger partial charge in [0.1, 0.15) is 11.5 Å². The lowest BCUT2D eigenvalue weighted by Crippen LogP contribution is -2.47. The first-order valence-corrected chi connectivity index (χ1v) is 10.0. The zero-order valence-corrected chi connectivity index (χ0v) is 16.6. The summed E-state index contributed by atoms with van der Waals surface area (Å²) in [5.41, 5.74) is 2.33. The summed E-state index contributed by atoms with van der Waals surface area (Å²) in [7, 11) is 1.54. The molecule has 0 radical (unpaired) electrons. The Hall–Kier alpha value is -2.51. The van der Waals surface area contributed by atoms with Crippen molar-refractivity contribution >= 4 is 11.6 Å². The van der Waals surface area contributed by atoms with Crippen LogP contribution in [0.5, 0.6) is 0 Å². The van der Waals surface area contributed by atoms with Gasteiger partial charge in [-0.05, 0) is 42.2 Å². The van der Waals surface area contributed by atoms with Gasteiger partial charge in [-0.1, -0.05) is 12.1 Å². The predicted molar refractivity (Wildman–Crippen MR) is 108 cm³/mol. The van der Waals surface area contributed by atoms with Gasteiger partial charge in [0.05, 0.1) is 13.0 Å². The molecule has 1 saturated heterocycles. The zero-order valence-electron chi connectivity index (χ0n) is 16.6. The Morgan fingerprint density at radius 1 is 1.17 bits per heavy atom. The van der Waals surface area contributed by atoms with Gasteiger partial charge in [-0.15, -0.1) is 0 Å².